The van der Waals surface area contributed by atoms with Crippen LogP contribution in [0.3, 0.4) is 0 Å². The van der Waals surface area contributed by atoms with Gasteiger partial charge in [-0.3, -0.25) is 0 Å². The third kappa shape index (κ3) is 48.9. The molecule has 5 heavy (non-hydrogen) atoms. The van der Waals surface area contributed by atoms with Gasteiger partial charge in [0.25, 0.3) is 0 Å². The van der Waals surface area contributed by atoms with Crippen molar-refractivity contribution in [3.05, 3.63) is 0 Å². The van der Waals surface area contributed by atoms with Crippen LogP contribution >= 0.6 is 0 Å². The molecule has 0 aliphatic carbocycles. The maximum absolute atomic E-state index is 2.25. The Morgan fingerprint density at radius 2 is 1.20 bits per heavy atom. The number of rotatable bonds is 0. The van der Waals surface area contributed by atoms with Gasteiger partial charge in [-0.05, 0) is 10.2 Å². The fourth-order valence-corrected chi connectivity index (χ4v) is 0. The zero-order valence-electron chi connectivity index (χ0n) is 4.50. The summed E-state index contributed by atoms with van der Waals surface area (Å²) >= 11 is 0.500. The van der Waals surface area contributed by atoms with Crippen LogP contribution in [0.5, 0.6) is 0 Å². The van der Waals surface area contributed by atoms with E-state index in [1.165, 1.54) is 10.2 Å². The molecule has 0 rings (SSSR count). The van der Waals surface area contributed by atoms with Gasteiger partial charge in [0.05, 0.1) is 0 Å². The van der Waals surface area contributed by atoms with Gasteiger partial charge in [-0.2, -0.15) is 0 Å². The van der Waals surface area contributed by atoms with Gasteiger partial charge in [0.15, 0.2) is 0 Å². The molecule has 0 nitrogen and oxygen atoms in total. The molecular weight excluding hydrogens is 112 g/mol. The van der Waals surface area contributed by atoms with Crippen LogP contribution in [-0.2, 0) is 19.2 Å². The van der Waals surface area contributed by atoms with Crippen LogP contribution in [0.1, 0.15) is 0 Å². The van der Waals surface area contributed by atoms with Crippen LogP contribution in [-0.4, -0.2) is 10.2 Å². The second kappa shape index (κ2) is 20.4. The normalized spacial score (nSPS) is 4.60. The first kappa shape index (κ1) is 9.33. The van der Waals surface area contributed by atoms with Crippen molar-refractivity contribution in [1.82, 2.24) is 0 Å². The standard InChI is InChI=1S/CH6Si.2CH3.Ti/c1-2;;;/h1-2H3;2*1H3;. The van der Waals surface area contributed by atoms with Gasteiger partial charge in [0.2, 0.25) is 0 Å². The Morgan fingerprint density at radius 3 is 1.20 bits per heavy atom. The van der Waals surface area contributed by atoms with Crippen molar-refractivity contribution in [1.29, 1.82) is 0 Å². The van der Waals surface area contributed by atoms with Crippen molar-refractivity contribution < 1.29 is 19.2 Å². The van der Waals surface area contributed by atoms with E-state index in [2.05, 4.69) is 17.0 Å². The van der Waals surface area contributed by atoms with Crippen molar-refractivity contribution in [2.24, 2.45) is 0 Å². The maximum atomic E-state index is 2.25. The summed E-state index contributed by atoms with van der Waals surface area (Å²) in [7, 11) is 1.31. The monoisotopic (exact) mass is 124 g/mol. The molecule has 0 fully saturated rings. The van der Waals surface area contributed by atoms with Crippen LogP contribution in [0, 0.1) is 0 Å². The van der Waals surface area contributed by atoms with E-state index >= 15 is 0 Å². The molecule has 0 aromatic carbocycles. The van der Waals surface area contributed by atoms with Crippen molar-refractivity contribution in [3.63, 3.8) is 0 Å². The van der Waals surface area contributed by atoms with Crippen molar-refractivity contribution in [2.75, 3.05) is 0 Å². The van der Waals surface area contributed by atoms with Gasteiger partial charge in [0.1, 0.15) is 0 Å². The van der Waals surface area contributed by atoms with Crippen LogP contribution in [0.15, 0.2) is 0 Å². The summed E-state index contributed by atoms with van der Waals surface area (Å²) in [4.78, 5) is 0. The van der Waals surface area contributed by atoms with Gasteiger partial charge in [-0.15, -0.1) is 0 Å². The van der Waals surface area contributed by atoms with Gasteiger partial charge < -0.3 is 0 Å². The Morgan fingerprint density at radius 1 is 1.20 bits per heavy atom. The fourth-order valence-electron chi connectivity index (χ4n) is 0. The Bertz CT molecular complexity index is 6.85. The Labute approximate surface area is 46.7 Å². The molecule has 0 spiro atoms. The van der Waals surface area contributed by atoms with Gasteiger partial charge >= 0.3 is 29.6 Å². The van der Waals surface area contributed by atoms with Gasteiger partial charge in [0, 0.05) is 0 Å². The molecule has 0 aromatic heterocycles. The molecule has 0 unspecified atom stereocenters. The molecule has 0 heterocycles. The molecule has 0 radical (unpaired) electrons. The number of hydrogen-bond acceptors (Lipinski definition) is 0. The molecule has 0 bridgehead atoms. The Hall–Kier alpha value is 0.931. The average Bonchev–Trinajstić information content (AvgIpc) is 1.46. The minimum atomic E-state index is 0.500. The molecule has 0 aliphatic rings. The Balaban J connectivity index is 0. The van der Waals surface area contributed by atoms with E-state index in [1.807, 2.05) is 0 Å². The molecule has 2 heteroatoms. The van der Waals surface area contributed by atoms with E-state index in [9.17, 15) is 0 Å². The summed E-state index contributed by atoms with van der Waals surface area (Å²) < 4.78 is 0. The SMILES string of the molecule is C[SiH3].[CH3][Ti][CH3]. The second-order valence-electron chi connectivity index (χ2n) is 0.500. The molecule has 0 saturated carbocycles. The minimum absolute atomic E-state index is 0.500. The van der Waals surface area contributed by atoms with E-state index in [-0.39, 0.29) is 0 Å². The zero-order chi connectivity index (χ0) is 4.71. The summed E-state index contributed by atoms with van der Waals surface area (Å²) in [5, 5.41) is 4.50. The van der Waals surface area contributed by atoms with Crippen LogP contribution in [0.4, 0.5) is 0 Å². The average molecular weight is 124 g/mol. The van der Waals surface area contributed by atoms with E-state index in [0.29, 0.717) is 19.2 Å². The summed E-state index contributed by atoms with van der Waals surface area (Å²) in [6.07, 6.45) is 0. The van der Waals surface area contributed by atoms with Crippen molar-refractivity contribution in [2.45, 2.75) is 17.0 Å². The summed E-state index contributed by atoms with van der Waals surface area (Å²) in [5.41, 5.74) is 0. The molecule has 0 atom stereocenters. The van der Waals surface area contributed by atoms with Crippen LogP contribution in [0.2, 0.25) is 17.0 Å². The zero-order valence-corrected chi connectivity index (χ0v) is 8.06. The van der Waals surface area contributed by atoms with Crippen molar-refractivity contribution in [3.8, 4) is 0 Å². The Kier molecular flexibility index (Phi) is 38.1. The van der Waals surface area contributed by atoms with Crippen LogP contribution < -0.4 is 0 Å². The molecule has 0 amide bonds. The van der Waals surface area contributed by atoms with E-state index in [1.54, 1.807) is 0 Å². The molecule has 0 aliphatic heterocycles. The third-order valence-electron chi connectivity index (χ3n) is 0. The van der Waals surface area contributed by atoms with Crippen molar-refractivity contribution >= 4 is 10.2 Å². The van der Waals surface area contributed by atoms with Crippen LogP contribution in [0.25, 0.3) is 0 Å². The van der Waals surface area contributed by atoms with E-state index < -0.39 is 0 Å². The molecule has 0 N–H and O–H groups in total. The first-order valence-electron chi connectivity index (χ1n) is 2.00. The summed E-state index contributed by atoms with van der Waals surface area (Å²) in [6, 6.07) is 0. The summed E-state index contributed by atoms with van der Waals surface area (Å²) in [6.45, 7) is 2.14. The predicted octanol–water partition coefficient (Wildman–Crippen LogP) is 0.565. The van der Waals surface area contributed by atoms with Gasteiger partial charge in [-0.25, -0.2) is 0 Å². The second-order valence-corrected chi connectivity index (χ2v) is 2.06. The van der Waals surface area contributed by atoms with Gasteiger partial charge in [-0.1, -0.05) is 6.55 Å². The quantitative estimate of drug-likeness (QED) is 0.414. The first-order valence-corrected chi connectivity index (χ1v) is 7.12. The third-order valence-corrected chi connectivity index (χ3v) is 0. The molecule has 0 aromatic rings. The summed E-state index contributed by atoms with van der Waals surface area (Å²) in [5.74, 6) is 0. The molecule has 0 saturated heterocycles. The topological polar surface area (TPSA) is 0 Å². The fraction of sp³-hybridized carbons (Fsp3) is 1.00. The predicted molar refractivity (Wildman–Crippen MR) is 27.5 cm³/mol. The first-order chi connectivity index (χ1) is 2.41. The number of hydrogen-bond donors (Lipinski definition) is 0. The molecule has 32 valence electrons. The van der Waals surface area contributed by atoms with E-state index in [0.717, 1.165) is 0 Å². The molecular formula is C3H12SiTi. The van der Waals surface area contributed by atoms with E-state index in [4.69, 9.17) is 0 Å².